The number of rotatable bonds is 3. The number of fused-ring (bicyclic) bond motifs is 3. The number of ether oxygens (including phenoxy) is 2. The standard InChI is InChI=1S/C15H21N3O5/c19-13-9-22-15(21)18(13)7-10-5-17(6-10)14(20)23-12-8-16-3-1-11(12)2-4-16/h10-12H,1-9H2. The third-order valence-corrected chi connectivity index (χ3v) is 5.35. The van der Waals surface area contributed by atoms with E-state index in [9.17, 15) is 14.4 Å². The number of piperidine rings is 3. The van der Waals surface area contributed by atoms with E-state index in [1.165, 1.54) is 0 Å². The number of carbonyl (C=O) groups is 3. The highest BCUT2D eigenvalue weighted by molar-refractivity contribution is 5.97. The van der Waals surface area contributed by atoms with Crippen LogP contribution in [-0.2, 0) is 14.3 Å². The van der Waals surface area contributed by atoms with Crippen LogP contribution < -0.4 is 0 Å². The van der Waals surface area contributed by atoms with Gasteiger partial charge in [-0.2, -0.15) is 0 Å². The maximum atomic E-state index is 12.2. The van der Waals surface area contributed by atoms with Crippen molar-refractivity contribution in [2.45, 2.75) is 18.9 Å². The normalized spacial score (nSPS) is 33.7. The van der Waals surface area contributed by atoms with Gasteiger partial charge in [0.15, 0.2) is 6.61 Å². The summed E-state index contributed by atoms with van der Waals surface area (Å²) in [4.78, 5) is 40.2. The molecule has 8 nitrogen and oxygen atoms in total. The van der Waals surface area contributed by atoms with Crippen LogP contribution >= 0.6 is 0 Å². The minimum atomic E-state index is -0.580. The Labute approximate surface area is 134 Å². The quantitative estimate of drug-likeness (QED) is 0.734. The lowest BCUT2D eigenvalue weighted by Crippen LogP contribution is -2.57. The van der Waals surface area contributed by atoms with Crippen molar-refractivity contribution in [3.63, 3.8) is 0 Å². The molecule has 0 N–H and O–H groups in total. The summed E-state index contributed by atoms with van der Waals surface area (Å²) in [6, 6.07) is 0. The van der Waals surface area contributed by atoms with Crippen molar-refractivity contribution in [3.05, 3.63) is 0 Å². The van der Waals surface area contributed by atoms with Crippen molar-refractivity contribution in [2.24, 2.45) is 11.8 Å². The maximum Gasteiger partial charge on any atom is 0.417 e. The number of amides is 3. The lowest BCUT2D eigenvalue weighted by atomic mass is 9.86. The van der Waals surface area contributed by atoms with Crippen LogP contribution in [0.2, 0.25) is 0 Å². The molecule has 0 radical (unpaired) electrons. The molecule has 5 rings (SSSR count). The van der Waals surface area contributed by atoms with E-state index in [0.29, 0.717) is 25.6 Å². The molecule has 2 bridgehead atoms. The molecule has 0 spiro atoms. The van der Waals surface area contributed by atoms with Gasteiger partial charge in [-0.15, -0.1) is 0 Å². The SMILES string of the molecule is O=C(OC1CN2CCC1CC2)N1CC(CN2C(=O)COC2=O)C1. The van der Waals surface area contributed by atoms with Gasteiger partial charge in [0.1, 0.15) is 6.10 Å². The molecule has 0 aromatic carbocycles. The van der Waals surface area contributed by atoms with Crippen LogP contribution in [0, 0.1) is 11.8 Å². The average molecular weight is 323 g/mol. The number of cyclic esters (lactones) is 1. The number of imide groups is 1. The lowest BCUT2D eigenvalue weighted by Gasteiger charge is -2.45. The molecule has 3 amide bonds. The van der Waals surface area contributed by atoms with Gasteiger partial charge >= 0.3 is 12.2 Å². The molecule has 0 saturated carbocycles. The first kappa shape index (κ1) is 14.7. The molecule has 5 saturated heterocycles. The predicted octanol–water partition coefficient (Wildman–Crippen LogP) is 0.128. The Balaban J connectivity index is 1.23. The Morgan fingerprint density at radius 1 is 1.17 bits per heavy atom. The van der Waals surface area contributed by atoms with Crippen molar-refractivity contribution in [3.8, 4) is 0 Å². The number of likely N-dealkylation sites (tertiary alicyclic amines) is 1. The molecule has 0 aromatic rings. The van der Waals surface area contributed by atoms with Crippen LogP contribution in [0.5, 0.6) is 0 Å². The van der Waals surface area contributed by atoms with Gasteiger partial charge < -0.3 is 14.4 Å². The Morgan fingerprint density at radius 3 is 2.48 bits per heavy atom. The molecule has 1 unspecified atom stereocenters. The Hall–Kier alpha value is -1.83. The van der Waals surface area contributed by atoms with Crippen molar-refractivity contribution in [1.29, 1.82) is 0 Å². The molecule has 0 aromatic heterocycles. The second-order valence-electron chi connectivity index (χ2n) is 6.89. The molecular weight excluding hydrogens is 302 g/mol. The van der Waals surface area contributed by atoms with Gasteiger partial charge in [-0.25, -0.2) is 14.5 Å². The van der Waals surface area contributed by atoms with Gasteiger partial charge in [-0.1, -0.05) is 0 Å². The van der Waals surface area contributed by atoms with Crippen LogP contribution in [0.25, 0.3) is 0 Å². The molecule has 5 aliphatic rings. The summed E-state index contributed by atoms with van der Waals surface area (Å²) in [6.45, 7) is 4.28. The monoisotopic (exact) mass is 323 g/mol. The topological polar surface area (TPSA) is 79.4 Å². The summed E-state index contributed by atoms with van der Waals surface area (Å²) in [7, 11) is 0. The third-order valence-electron chi connectivity index (χ3n) is 5.35. The average Bonchev–Trinajstić information content (AvgIpc) is 2.82. The van der Waals surface area contributed by atoms with Crippen molar-refractivity contribution < 1.29 is 23.9 Å². The van der Waals surface area contributed by atoms with Crippen LogP contribution in [0.15, 0.2) is 0 Å². The highest BCUT2D eigenvalue weighted by Crippen LogP contribution is 2.30. The fraction of sp³-hybridized carbons (Fsp3) is 0.800. The van der Waals surface area contributed by atoms with Gasteiger partial charge in [0.05, 0.1) is 0 Å². The zero-order chi connectivity index (χ0) is 16.0. The zero-order valence-electron chi connectivity index (χ0n) is 13.0. The van der Waals surface area contributed by atoms with Gasteiger partial charge in [-0.05, 0) is 31.8 Å². The van der Waals surface area contributed by atoms with Crippen LogP contribution in [-0.4, -0.2) is 84.8 Å². The van der Waals surface area contributed by atoms with Crippen LogP contribution in [0.1, 0.15) is 12.8 Å². The number of nitrogens with zero attached hydrogens (tertiary/aromatic N) is 3. The van der Waals surface area contributed by atoms with Crippen LogP contribution in [0.4, 0.5) is 9.59 Å². The van der Waals surface area contributed by atoms with Gasteiger partial charge in [0, 0.05) is 32.1 Å². The number of hydrogen-bond donors (Lipinski definition) is 0. The van der Waals surface area contributed by atoms with Crippen molar-refractivity contribution >= 4 is 18.1 Å². The van der Waals surface area contributed by atoms with Crippen molar-refractivity contribution in [2.75, 3.05) is 45.9 Å². The molecule has 23 heavy (non-hydrogen) atoms. The number of hydrogen-bond acceptors (Lipinski definition) is 6. The zero-order valence-corrected chi connectivity index (χ0v) is 13.0. The van der Waals surface area contributed by atoms with E-state index in [1.807, 2.05) is 0 Å². The first-order chi connectivity index (χ1) is 11.1. The fourth-order valence-electron chi connectivity index (χ4n) is 3.90. The predicted molar refractivity (Wildman–Crippen MR) is 77.6 cm³/mol. The smallest absolute Gasteiger partial charge is 0.417 e. The molecule has 5 fully saturated rings. The summed E-state index contributed by atoms with van der Waals surface area (Å²) >= 11 is 0. The highest BCUT2D eigenvalue weighted by Gasteiger charge is 2.41. The molecule has 5 aliphatic heterocycles. The molecule has 126 valence electrons. The Bertz CT molecular complexity index is 509. The summed E-state index contributed by atoms with van der Waals surface area (Å²) in [6.07, 6.45) is 1.39. The molecule has 1 atom stereocenters. The van der Waals surface area contributed by atoms with E-state index < -0.39 is 6.09 Å². The molecule has 5 heterocycles. The summed E-state index contributed by atoms with van der Waals surface area (Å²) in [5, 5.41) is 0. The van der Waals surface area contributed by atoms with E-state index in [-0.39, 0.29) is 30.6 Å². The first-order valence-corrected chi connectivity index (χ1v) is 8.25. The van der Waals surface area contributed by atoms with Gasteiger partial charge in [-0.3, -0.25) is 9.69 Å². The Morgan fingerprint density at radius 2 is 1.91 bits per heavy atom. The van der Waals surface area contributed by atoms with Crippen LogP contribution in [0.3, 0.4) is 0 Å². The minimum Gasteiger partial charge on any atom is -0.444 e. The summed E-state index contributed by atoms with van der Waals surface area (Å²) < 4.78 is 10.3. The number of carbonyl (C=O) groups excluding carboxylic acids is 3. The summed E-state index contributed by atoms with van der Waals surface area (Å²) in [5.41, 5.74) is 0. The van der Waals surface area contributed by atoms with E-state index in [4.69, 9.17) is 4.74 Å². The van der Waals surface area contributed by atoms with E-state index >= 15 is 0 Å². The van der Waals surface area contributed by atoms with E-state index in [0.717, 1.165) is 37.4 Å². The lowest BCUT2D eigenvalue weighted by molar-refractivity contribution is -0.126. The Kier molecular flexibility index (Phi) is 3.63. The minimum absolute atomic E-state index is 0.0131. The molecule has 8 heteroatoms. The highest BCUT2D eigenvalue weighted by atomic mass is 16.6. The first-order valence-electron chi connectivity index (χ1n) is 8.25. The van der Waals surface area contributed by atoms with Gasteiger partial charge in [0.25, 0.3) is 5.91 Å². The largest absolute Gasteiger partial charge is 0.444 e. The van der Waals surface area contributed by atoms with E-state index in [1.54, 1.807) is 4.90 Å². The second-order valence-corrected chi connectivity index (χ2v) is 6.89. The maximum absolute atomic E-state index is 12.2. The van der Waals surface area contributed by atoms with Crippen molar-refractivity contribution in [1.82, 2.24) is 14.7 Å². The summed E-state index contributed by atoms with van der Waals surface area (Å²) in [5.74, 6) is 0.310. The second kappa shape index (κ2) is 5.67. The van der Waals surface area contributed by atoms with E-state index in [2.05, 4.69) is 9.64 Å². The third kappa shape index (κ3) is 2.75. The molecule has 0 aliphatic carbocycles. The fourth-order valence-corrected chi connectivity index (χ4v) is 3.90. The van der Waals surface area contributed by atoms with Gasteiger partial charge in [0.2, 0.25) is 0 Å². The molecular formula is C15H21N3O5.